The first-order valence-electron chi connectivity index (χ1n) is 6.24. The predicted octanol–water partition coefficient (Wildman–Crippen LogP) is 2.54. The van der Waals surface area contributed by atoms with Gasteiger partial charge >= 0.3 is 0 Å². The third kappa shape index (κ3) is 4.41. The van der Waals surface area contributed by atoms with Gasteiger partial charge in [0, 0.05) is 12.1 Å². The summed E-state index contributed by atoms with van der Waals surface area (Å²) in [7, 11) is -3.63. The molecule has 0 aromatic heterocycles. The van der Waals surface area contributed by atoms with Crippen LogP contribution in [-0.2, 0) is 10.0 Å². The van der Waals surface area contributed by atoms with Crippen molar-refractivity contribution >= 4 is 38.8 Å². The molecule has 0 amide bonds. The van der Waals surface area contributed by atoms with E-state index in [0.717, 1.165) is 0 Å². The van der Waals surface area contributed by atoms with Crippen molar-refractivity contribution < 1.29 is 8.42 Å². The molecule has 1 unspecified atom stereocenters. The third-order valence-electron chi connectivity index (χ3n) is 3.24. The van der Waals surface area contributed by atoms with Gasteiger partial charge in [-0.15, -0.1) is 0 Å². The number of halogens is 1. The molecule has 3 N–H and O–H groups in total. The molecule has 1 aromatic carbocycles. The quantitative estimate of drug-likeness (QED) is 0.784. The zero-order valence-corrected chi connectivity index (χ0v) is 14.1. The normalized spacial score (nSPS) is 13.4. The van der Waals surface area contributed by atoms with Crippen molar-refractivity contribution in [2.45, 2.75) is 25.7 Å². The van der Waals surface area contributed by atoms with Gasteiger partial charge in [0.25, 0.3) is 0 Å². The summed E-state index contributed by atoms with van der Waals surface area (Å²) in [5.41, 5.74) is 6.02. The van der Waals surface area contributed by atoms with Gasteiger partial charge in [-0.3, -0.25) is 0 Å². The van der Waals surface area contributed by atoms with E-state index in [1.165, 1.54) is 12.1 Å². The highest BCUT2D eigenvalue weighted by Crippen LogP contribution is 2.23. The van der Waals surface area contributed by atoms with Gasteiger partial charge in [0.05, 0.1) is 5.02 Å². The average Bonchev–Trinajstić information content (AvgIpc) is 2.35. The Morgan fingerprint density at radius 1 is 1.40 bits per heavy atom. The number of benzene rings is 1. The topological polar surface area (TPSA) is 72.2 Å². The van der Waals surface area contributed by atoms with Gasteiger partial charge < -0.3 is 5.73 Å². The highest BCUT2D eigenvalue weighted by molar-refractivity contribution is 7.89. The summed E-state index contributed by atoms with van der Waals surface area (Å²) in [6, 6.07) is 4.43. The van der Waals surface area contributed by atoms with E-state index < -0.39 is 10.0 Å². The van der Waals surface area contributed by atoms with Crippen LogP contribution in [0, 0.1) is 11.8 Å². The first-order chi connectivity index (χ1) is 9.15. The Hall–Kier alpha value is -0.690. The van der Waals surface area contributed by atoms with Crippen molar-refractivity contribution in [2.24, 2.45) is 17.6 Å². The van der Waals surface area contributed by atoms with Crippen molar-refractivity contribution in [3.05, 3.63) is 28.8 Å². The third-order valence-corrected chi connectivity index (χ3v) is 5.38. The second-order valence-corrected chi connectivity index (χ2v) is 7.67. The zero-order chi connectivity index (χ0) is 15.5. The smallest absolute Gasteiger partial charge is 0.242 e. The number of rotatable bonds is 6. The molecule has 1 rings (SSSR count). The first-order valence-corrected chi connectivity index (χ1v) is 8.51. The van der Waals surface area contributed by atoms with E-state index >= 15 is 0 Å². The number of nitrogens with one attached hydrogen (secondary N) is 1. The number of sulfonamides is 1. The maximum atomic E-state index is 12.2. The molecule has 7 heteroatoms. The van der Waals surface area contributed by atoms with E-state index in [4.69, 9.17) is 29.6 Å². The lowest BCUT2D eigenvalue weighted by atomic mass is 9.99. The Kier molecular flexibility index (Phi) is 5.94. The van der Waals surface area contributed by atoms with E-state index in [2.05, 4.69) is 4.72 Å². The summed E-state index contributed by atoms with van der Waals surface area (Å²) < 4.78 is 27.0. The van der Waals surface area contributed by atoms with Gasteiger partial charge in [-0.25, -0.2) is 13.1 Å². The number of hydrogen-bond acceptors (Lipinski definition) is 3. The second kappa shape index (κ2) is 6.85. The summed E-state index contributed by atoms with van der Waals surface area (Å²) >= 11 is 10.8. The summed E-state index contributed by atoms with van der Waals surface area (Å²) in [6.45, 7) is 6.45. The molecule has 112 valence electrons. The van der Waals surface area contributed by atoms with Crippen LogP contribution >= 0.6 is 23.8 Å². The molecule has 1 aromatic rings. The Bertz CT molecular complexity index is 600. The molecule has 0 radical (unpaired) electrons. The minimum absolute atomic E-state index is 0.0372. The van der Waals surface area contributed by atoms with Crippen LogP contribution in [0.15, 0.2) is 23.1 Å². The Labute approximate surface area is 130 Å². The highest BCUT2D eigenvalue weighted by atomic mass is 35.5. The van der Waals surface area contributed by atoms with Gasteiger partial charge in [-0.05, 0) is 24.0 Å². The van der Waals surface area contributed by atoms with Crippen molar-refractivity contribution in [1.29, 1.82) is 0 Å². The van der Waals surface area contributed by atoms with E-state index in [-0.39, 0.29) is 20.8 Å². The standard InChI is InChI=1S/C13H19ClN2O2S2/c1-8(2)9(3)7-16-20(17,18)12-5-4-10(13(15)19)6-11(12)14/h4-6,8-9,16H,7H2,1-3H3,(H2,15,19). The summed E-state index contributed by atoms with van der Waals surface area (Å²) in [4.78, 5) is 0.215. The minimum Gasteiger partial charge on any atom is -0.389 e. The summed E-state index contributed by atoms with van der Waals surface area (Å²) in [5, 5.41) is 0.111. The Balaban J connectivity index is 2.96. The molecule has 1 atom stereocenters. The molecule has 0 aliphatic heterocycles. The van der Waals surface area contributed by atoms with Crippen LogP contribution in [-0.4, -0.2) is 20.0 Å². The van der Waals surface area contributed by atoms with Gasteiger partial charge in [0.15, 0.2) is 0 Å². The molecular formula is C13H19ClN2O2S2. The highest BCUT2D eigenvalue weighted by Gasteiger charge is 2.20. The fourth-order valence-electron chi connectivity index (χ4n) is 1.43. The number of nitrogens with two attached hydrogens (primary N) is 1. The summed E-state index contributed by atoms with van der Waals surface area (Å²) in [6.07, 6.45) is 0. The van der Waals surface area contributed by atoms with Gasteiger partial charge in [-0.1, -0.05) is 50.7 Å². The fraction of sp³-hybridized carbons (Fsp3) is 0.462. The van der Waals surface area contributed by atoms with Crippen molar-refractivity contribution in [1.82, 2.24) is 4.72 Å². The van der Waals surface area contributed by atoms with E-state index in [1.807, 2.05) is 20.8 Å². The second-order valence-electron chi connectivity index (χ2n) is 5.08. The van der Waals surface area contributed by atoms with Crippen LogP contribution in [0.4, 0.5) is 0 Å². The Morgan fingerprint density at radius 3 is 2.45 bits per heavy atom. The van der Waals surface area contributed by atoms with E-state index in [9.17, 15) is 8.42 Å². The molecule has 0 aliphatic rings. The molecule has 0 heterocycles. The van der Waals surface area contributed by atoms with Gasteiger partial charge in [0.2, 0.25) is 10.0 Å². The van der Waals surface area contributed by atoms with Crippen LogP contribution in [0.5, 0.6) is 0 Å². The maximum Gasteiger partial charge on any atom is 0.242 e. The lowest BCUT2D eigenvalue weighted by Gasteiger charge is -2.16. The zero-order valence-electron chi connectivity index (χ0n) is 11.7. The molecular weight excluding hydrogens is 316 g/mol. The SMILES string of the molecule is CC(C)C(C)CNS(=O)(=O)c1ccc(C(N)=S)cc1Cl. The van der Waals surface area contributed by atoms with Gasteiger partial charge in [-0.2, -0.15) is 0 Å². The Morgan fingerprint density at radius 2 is 2.00 bits per heavy atom. The monoisotopic (exact) mass is 334 g/mol. The van der Waals surface area contributed by atoms with Crippen LogP contribution in [0.25, 0.3) is 0 Å². The van der Waals surface area contributed by atoms with Crippen molar-refractivity contribution in [3.8, 4) is 0 Å². The van der Waals surface area contributed by atoms with Gasteiger partial charge in [0.1, 0.15) is 9.88 Å². The van der Waals surface area contributed by atoms with Crippen LogP contribution in [0.1, 0.15) is 26.3 Å². The number of hydrogen-bond donors (Lipinski definition) is 2. The predicted molar refractivity (Wildman–Crippen MR) is 86.5 cm³/mol. The van der Waals surface area contributed by atoms with Crippen LogP contribution in [0.3, 0.4) is 0 Å². The molecule has 0 fully saturated rings. The number of thiocarbonyl (C=S) groups is 1. The van der Waals surface area contributed by atoms with Crippen LogP contribution < -0.4 is 10.5 Å². The van der Waals surface area contributed by atoms with E-state index in [0.29, 0.717) is 18.0 Å². The molecule has 4 nitrogen and oxygen atoms in total. The lowest BCUT2D eigenvalue weighted by molar-refractivity contribution is 0.414. The van der Waals surface area contributed by atoms with Crippen LogP contribution in [0.2, 0.25) is 5.02 Å². The fourth-order valence-corrected chi connectivity index (χ4v) is 3.24. The maximum absolute atomic E-state index is 12.2. The molecule has 0 saturated heterocycles. The molecule has 0 aliphatic carbocycles. The molecule has 0 bridgehead atoms. The lowest BCUT2D eigenvalue weighted by Crippen LogP contribution is -2.30. The molecule has 0 spiro atoms. The molecule has 20 heavy (non-hydrogen) atoms. The average molecular weight is 335 g/mol. The van der Waals surface area contributed by atoms with E-state index in [1.54, 1.807) is 6.07 Å². The largest absolute Gasteiger partial charge is 0.389 e. The first kappa shape index (κ1) is 17.4. The minimum atomic E-state index is -3.63. The molecule has 0 saturated carbocycles. The van der Waals surface area contributed by atoms with Crippen molar-refractivity contribution in [3.63, 3.8) is 0 Å². The van der Waals surface area contributed by atoms with Crippen molar-refractivity contribution in [2.75, 3.05) is 6.54 Å². The summed E-state index contributed by atoms with van der Waals surface area (Å²) in [5.74, 6) is 0.629.